The van der Waals surface area contributed by atoms with Crippen LogP contribution >= 0.6 is 11.6 Å². The molecule has 0 aliphatic carbocycles. The number of hydrogen-bond acceptors (Lipinski definition) is 0. The third kappa shape index (κ3) is 2.44. The smallest absolute Gasteiger partial charge is 0.205 e. The van der Waals surface area contributed by atoms with Gasteiger partial charge in [0.25, 0.3) is 5.92 Å². The van der Waals surface area contributed by atoms with Gasteiger partial charge in [0.2, 0.25) is 0 Å². The van der Waals surface area contributed by atoms with Crippen LogP contribution in [0, 0.1) is 13.8 Å². The first-order chi connectivity index (χ1) is 6.32. The fourth-order valence-corrected chi connectivity index (χ4v) is 1.35. The molecule has 78 valence electrons. The molecule has 0 aliphatic heterocycles. The van der Waals surface area contributed by atoms with E-state index in [1.807, 2.05) is 19.9 Å². The van der Waals surface area contributed by atoms with Gasteiger partial charge in [0.1, 0.15) is 5.38 Å². The second kappa shape index (κ2) is 3.85. The molecule has 0 radical (unpaired) electrons. The van der Waals surface area contributed by atoms with Crippen molar-refractivity contribution in [1.29, 1.82) is 0 Å². The lowest BCUT2D eigenvalue weighted by atomic mass is 10.0. The van der Waals surface area contributed by atoms with E-state index in [0.717, 1.165) is 18.1 Å². The van der Waals surface area contributed by atoms with Crippen molar-refractivity contribution in [1.82, 2.24) is 0 Å². The van der Waals surface area contributed by atoms with E-state index in [-0.39, 0.29) is 0 Å². The Balaban J connectivity index is 3.03. The molecule has 0 fully saturated rings. The van der Waals surface area contributed by atoms with Gasteiger partial charge in [0.05, 0.1) is 0 Å². The van der Waals surface area contributed by atoms with Gasteiger partial charge in [-0.2, -0.15) is 0 Å². The summed E-state index contributed by atoms with van der Waals surface area (Å²) in [4.78, 5) is 0. The standard InChI is InChI=1S/C11H13ClF2/c1-7-4-5-9(6-8(7)2)10(12)11(3,13)14/h4-6,10H,1-3H3. The summed E-state index contributed by atoms with van der Waals surface area (Å²) in [5.41, 5.74) is 2.54. The van der Waals surface area contributed by atoms with Crippen molar-refractivity contribution in [3.05, 3.63) is 34.9 Å². The van der Waals surface area contributed by atoms with Gasteiger partial charge in [-0.3, -0.25) is 0 Å². The topological polar surface area (TPSA) is 0 Å². The average Bonchev–Trinajstić information content (AvgIpc) is 2.07. The quantitative estimate of drug-likeness (QED) is 0.652. The third-order valence-electron chi connectivity index (χ3n) is 2.27. The van der Waals surface area contributed by atoms with E-state index in [2.05, 4.69) is 0 Å². The van der Waals surface area contributed by atoms with Crippen molar-refractivity contribution < 1.29 is 8.78 Å². The first-order valence-corrected chi connectivity index (χ1v) is 4.85. The maximum absolute atomic E-state index is 12.9. The molecule has 0 bridgehead atoms. The number of hydrogen-bond donors (Lipinski definition) is 0. The van der Waals surface area contributed by atoms with Crippen molar-refractivity contribution in [2.45, 2.75) is 32.1 Å². The summed E-state index contributed by atoms with van der Waals surface area (Å²) in [6, 6.07) is 5.17. The molecular weight excluding hydrogens is 206 g/mol. The SMILES string of the molecule is Cc1ccc(C(Cl)C(C)(F)F)cc1C. The molecule has 0 amide bonds. The highest BCUT2D eigenvalue weighted by molar-refractivity contribution is 6.21. The highest BCUT2D eigenvalue weighted by Gasteiger charge is 2.33. The van der Waals surface area contributed by atoms with E-state index in [0.29, 0.717) is 5.56 Å². The minimum atomic E-state index is -2.89. The lowest BCUT2D eigenvalue weighted by Crippen LogP contribution is -2.17. The van der Waals surface area contributed by atoms with Gasteiger partial charge in [-0.1, -0.05) is 18.2 Å². The summed E-state index contributed by atoms with van der Waals surface area (Å²) >= 11 is 5.66. The molecule has 1 aromatic carbocycles. The van der Waals surface area contributed by atoms with Crippen molar-refractivity contribution in [2.75, 3.05) is 0 Å². The Morgan fingerprint density at radius 1 is 1.21 bits per heavy atom. The van der Waals surface area contributed by atoms with Crippen LogP contribution in [-0.2, 0) is 0 Å². The van der Waals surface area contributed by atoms with E-state index in [1.165, 1.54) is 0 Å². The maximum Gasteiger partial charge on any atom is 0.265 e. The average molecular weight is 219 g/mol. The van der Waals surface area contributed by atoms with Gasteiger partial charge in [-0.05, 0) is 30.5 Å². The van der Waals surface area contributed by atoms with E-state index in [1.54, 1.807) is 12.1 Å². The van der Waals surface area contributed by atoms with Gasteiger partial charge in [-0.15, -0.1) is 11.6 Å². The first-order valence-electron chi connectivity index (χ1n) is 4.41. The molecule has 1 rings (SSSR count). The molecule has 1 atom stereocenters. The lowest BCUT2D eigenvalue weighted by Gasteiger charge is -2.18. The monoisotopic (exact) mass is 218 g/mol. The summed E-state index contributed by atoms with van der Waals surface area (Å²) in [5.74, 6) is -2.89. The second-order valence-electron chi connectivity index (χ2n) is 3.66. The van der Waals surface area contributed by atoms with Crippen LogP contribution in [0.15, 0.2) is 18.2 Å². The number of alkyl halides is 3. The Hall–Kier alpha value is -0.630. The zero-order valence-corrected chi connectivity index (χ0v) is 9.20. The Bertz CT molecular complexity index is 329. The van der Waals surface area contributed by atoms with Gasteiger partial charge in [0.15, 0.2) is 0 Å². The van der Waals surface area contributed by atoms with Crippen LogP contribution in [0.4, 0.5) is 8.78 Å². The molecule has 0 aliphatic rings. The van der Waals surface area contributed by atoms with Crippen LogP contribution in [0.3, 0.4) is 0 Å². The number of halogens is 3. The molecule has 0 nitrogen and oxygen atoms in total. The predicted octanol–water partition coefficient (Wildman–Crippen LogP) is 4.24. The van der Waals surface area contributed by atoms with Crippen molar-refractivity contribution >= 4 is 11.6 Å². The van der Waals surface area contributed by atoms with Gasteiger partial charge in [0, 0.05) is 6.92 Å². The number of rotatable bonds is 2. The normalized spacial score (nSPS) is 14.1. The molecule has 0 heterocycles. The molecule has 0 spiro atoms. The van der Waals surface area contributed by atoms with E-state index in [4.69, 9.17) is 11.6 Å². The summed E-state index contributed by atoms with van der Waals surface area (Å²) < 4.78 is 25.8. The van der Waals surface area contributed by atoms with Crippen LogP contribution in [0.1, 0.15) is 29.0 Å². The fraction of sp³-hybridized carbons (Fsp3) is 0.455. The Labute approximate surface area is 87.9 Å². The van der Waals surface area contributed by atoms with E-state index < -0.39 is 11.3 Å². The molecule has 0 saturated carbocycles. The maximum atomic E-state index is 12.9. The second-order valence-corrected chi connectivity index (χ2v) is 4.10. The molecule has 0 aromatic heterocycles. The zero-order valence-electron chi connectivity index (χ0n) is 8.44. The van der Waals surface area contributed by atoms with Crippen LogP contribution in [0.5, 0.6) is 0 Å². The Kier molecular flexibility index (Phi) is 3.15. The molecule has 0 saturated heterocycles. The predicted molar refractivity (Wildman–Crippen MR) is 55.1 cm³/mol. The van der Waals surface area contributed by atoms with Gasteiger partial charge in [-0.25, -0.2) is 8.78 Å². The molecule has 14 heavy (non-hydrogen) atoms. The van der Waals surface area contributed by atoms with E-state index in [9.17, 15) is 8.78 Å². The Morgan fingerprint density at radius 3 is 2.21 bits per heavy atom. The summed E-state index contributed by atoms with van der Waals surface area (Å²) in [6.45, 7) is 4.66. The summed E-state index contributed by atoms with van der Waals surface area (Å²) in [6.07, 6.45) is 0. The number of aryl methyl sites for hydroxylation is 2. The van der Waals surface area contributed by atoms with Gasteiger partial charge < -0.3 is 0 Å². The number of benzene rings is 1. The first kappa shape index (κ1) is 11.4. The summed E-state index contributed by atoms with van der Waals surface area (Å²) in [7, 11) is 0. The van der Waals surface area contributed by atoms with E-state index >= 15 is 0 Å². The Morgan fingerprint density at radius 2 is 1.79 bits per heavy atom. The minimum Gasteiger partial charge on any atom is -0.205 e. The zero-order chi connectivity index (χ0) is 10.9. The lowest BCUT2D eigenvalue weighted by molar-refractivity contribution is 0.0169. The molecule has 1 unspecified atom stereocenters. The third-order valence-corrected chi connectivity index (χ3v) is 2.90. The highest BCUT2D eigenvalue weighted by Crippen LogP contribution is 2.36. The van der Waals surface area contributed by atoms with Crippen LogP contribution in [-0.4, -0.2) is 5.92 Å². The minimum absolute atomic E-state index is 0.474. The molecular formula is C11H13ClF2. The molecule has 3 heteroatoms. The largest absolute Gasteiger partial charge is 0.265 e. The van der Waals surface area contributed by atoms with Crippen molar-refractivity contribution in [3.8, 4) is 0 Å². The van der Waals surface area contributed by atoms with Crippen LogP contribution in [0.2, 0.25) is 0 Å². The fourth-order valence-electron chi connectivity index (χ4n) is 1.21. The molecule has 1 aromatic rings. The van der Waals surface area contributed by atoms with Crippen molar-refractivity contribution in [2.24, 2.45) is 0 Å². The van der Waals surface area contributed by atoms with Crippen LogP contribution in [0.25, 0.3) is 0 Å². The highest BCUT2D eigenvalue weighted by atomic mass is 35.5. The van der Waals surface area contributed by atoms with Gasteiger partial charge >= 0.3 is 0 Å². The van der Waals surface area contributed by atoms with Crippen LogP contribution < -0.4 is 0 Å². The summed E-state index contributed by atoms with van der Waals surface area (Å²) in [5, 5.41) is -1.25. The van der Waals surface area contributed by atoms with Crippen molar-refractivity contribution in [3.63, 3.8) is 0 Å². The molecule has 0 N–H and O–H groups in total.